The van der Waals surface area contributed by atoms with Crippen molar-refractivity contribution in [2.75, 3.05) is 14.1 Å². The van der Waals surface area contributed by atoms with Crippen LogP contribution in [0.5, 0.6) is 0 Å². The fourth-order valence-corrected chi connectivity index (χ4v) is 2.59. The van der Waals surface area contributed by atoms with Crippen LogP contribution in [-0.4, -0.2) is 41.0 Å². The molecule has 22 heavy (non-hydrogen) atoms. The van der Waals surface area contributed by atoms with E-state index in [2.05, 4.69) is 10.3 Å². The Kier molecular flexibility index (Phi) is 5.14. The van der Waals surface area contributed by atoms with E-state index in [0.717, 1.165) is 36.8 Å². The Balaban J connectivity index is 2.27. The number of aromatic nitrogens is 1. The summed E-state index contributed by atoms with van der Waals surface area (Å²) in [5, 5.41) is 11.5. The van der Waals surface area contributed by atoms with Gasteiger partial charge >= 0.3 is 6.09 Å². The van der Waals surface area contributed by atoms with E-state index in [1.807, 2.05) is 14.1 Å². The fourth-order valence-electron chi connectivity index (χ4n) is 2.59. The number of fused-ring (bicyclic) bond motifs is 1. The minimum Gasteiger partial charge on any atom is -0.465 e. The predicted molar refractivity (Wildman–Crippen MR) is 82.9 cm³/mol. The van der Waals surface area contributed by atoms with Crippen LogP contribution in [0.1, 0.15) is 46.9 Å². The summed E-state index contributed by atoms with van der Waals surface area (Å²) in [6, 6.07) is 1.54. The van der Waals surface area contributed by atoms with Gasteiger partial charge in [0.25, 0.3) is 0 Å². The number of allylic oxidation sites excluding steroid dienone is 1. The number of carboxylic acid groups (broad SMARTS) is 1. The summed E-state index contributed by atoms with van der Waals surface area (Å²) in [5.41, 5.74) is 2.29. The summed E-state index contributed by atoms with van der Waals surface area (Å²) in [7, 11) is 3.69. The summed E-state index contributed by atoms with van der Waals surface area (Å²) in [6.07, 6.45) is 7.30. The monoisotopic (exact) mass is 303 g/mol. The van der Waals surface area contributed by atoms with Crippen molar-refractivity contribution in [2.45, 2.75) is 31.7 Å². The maximum absolute atomic E-state index is 12.1. The molecular formula is C16H21N3O3. The van der Waals surface area contributed by atoms with Crippen molar-refractivity contribution in [1.29, 1.82) is 0 Å². The normalized spacial score (nSPS) is 17.6. The lowest BCUT2D eigenvalue weighted by molar-refractivity contribution is 0.104. The average Bonchev–Trinajstić information content (AvgIpc) is 2.66. The summed E-state index contributed by atoms with van der Waals surface area (Å²) in [4.78, 5) is 29.0. The molecule has 1 aromatic rings. The van der Waals surface area contributed by atoms with Crippen LogP contribution < -0.4 is 5.32 Å². The molecule has 1 aliphatic rings. The maximum atomic E-state index is 12.1. The van der Waals surface area contributed by atoms with Crippen LogP contribution >= 0.6 is 0 Å². The number of amides is 1. The summed E-state index contributed by atoms with van der Waals surface area (Å²) >= 11 is 0. The summed E-state index contributed by atoms with van der Waals surface area (Å²) in [5.74, 6) is -0.150. The number of carbonyl (C=O) groups excluding carboxylic acids is 1. The highest BCUT2D eigenvalue weighted by Crippen LogP contribution is 2.28. The number of hydrogen-bond acceptors (Lipinski definition) is 4. The molecule has 0 saturated heterocycles. The van der Waals surface area contributed by atoms with Crippen molar-refractivity contribution in [3.63, 3.8) is 0 Å². The van der Waals surface area contributed by atoms with Crippen LogP contribution in [0, 0.1) is 0 Å². The van der Waals surface area contributed by atoms with E-state index in [9.17, 15) is 9.59 Å². The molecule has 1 aliphatic carbocycles. The Hall–Kier alpha value is -2.37. The van der Waals surface area contributed by atoms with Gasteiger partial charge in [-0.05, 0) is 36.5 Å². The molecule has 1 unspecified atom stereocenters. The molecule has 118 valence electrons. The molecule has 6 nitrogen and oxygen atoms in total. The molecule has 0 radical (unpaired) electrons. The lowest BCUT2D eigenvalue weighted by atomic mass is 10.00. The van der Waals surface area contributed by atoms with Gasteiger partial charge in [0.15, 0.2) is 0 Å². The number of ketones is 1. The van der Waals surface area contributed by atoms with Gasteiger partial charge in [-0.2, -0.15) is 0 Å². The highest BCUT2D eigenvalue weighted by Gasteiger charge is 2.21. The first-order chi connectivity index (χ1) is 10.5. The van der Waals surface area contributed by atoms with E-state index in [4.69, 9.17) is 5.11 Å². The van der Waals surface area contributed by atoms with Gasteiger partial charge in [-0.3, -0.25) is 9.78 Å². The number of carbonyl (C=O) groups is 2. The molecule has 1 aromatic heterocycles. The zero-order valence-corrected chi connectivity index (χ0v) is 12.9. The van der Waals surface area contributed by atoms with Gasteiger partial charge in [-0.25, -0.2) is 4.79 Å². The van der Waals surface area contributed by atoms with Crippen molar-refractivity contribution < 1.29 is 14.7 Å². The number of aryl methyl sites for hydroxylation is 1. The lowest BCUT2D eigenvalue weighted by Gasteiger charge is -2.17. The van der Waals surface area contributed by atoms with Crippen molar-refractivity contribution in [1.82, 2.24) is 15.2 Å². The molecule has 0 saturated carbocycles. The number of rotatable bonds is 4. The average molecular weight is 303 g/mol. The molecule has 1 amide bonds. The zero-order chi connectivity index (χ0) is 16.1. The quantitative estimate of drug-likeness (QED) is 0.507. The molecule has 1 atom stereocenters. The Morgan fingerprint density at radius 1 is 1.41 bits per heavy atom. The number of nitrogens with one attached hydrogen (secondary N) is 1. The molecule has 2 rings (SSSR count). The van der Waals surface area contributed by atoms with E-state index in [1.165, 1.54) is 6.08 Å². The molecule has 0 bridgehead atoms. The van der Waals surface area contributed by atoms with Gasteiger partial charge < -0.3 is 15.3 Å². The van der Waals surface area contributed by atoms with Gasteiger partial charge in [-0.15, -0.1) is 0 Å². The smallest absolute Gasteiger partial charge is 0.405 e. The Bertz CT molecular complexity index is 596. The van der Waals surface area contributed by atoms with Crippen LogP contribution in [0.4, 0.5) is 4.79 Å². The predicted octanol–water partition coefficient (Wildman–Crippen LogP) is 2.37. The van der Waals surface area contributed by atoms with Gasteiger partial charge in [0.2, 0.25) is 5.78 Å². The molecule has 1 heterocycles. The molecule has 2 N–H and O–H groups in total. The minimum absolute atomic E-state index is 0.150. The van der Waals surface area contributed by atoms with E-state index in [1.54, 1.807) is 23.4 Å². The van der Waals surface area contributed by atoms with Gasteiger partial charge in [0.05, 0.1) is 6.04 Å². The lowest BCUT2D eigenvalue weighted by Crippen LogP contribution is -2.27. The second-order valence-corrected chi connectivity index (χ2v) is 5.66. The van der Waals surface area contributed by atoms with E-state index in [-0.39, 0.29) is 11.8 Å². The van der Waals surface area contributed by atoms with E-state index >= 15 is 0 Å². The second kappa shape index (κ2) is 7.06. The third-order valence-electron chi connectivity index (χ3n) is 3.66. The van der Waals surface area contributed by atoms with Crippen molar-refractivity contribution >= 4 is 11.9 Å². The number of pyridine rings is 1. The Morgan fingerprint density at radius 2 is 2.18 bits per heavy atom. The van der Waals surface area contributed by atoms with Crippen molar-refractivity contribution in [3.05, 3.63) is 41.4 Å². The third kappa shape index (κ3) is 4.07. The molecule has 0 aliphatic heterocycles. The summed E-state index contributed by atoms with van der Waals surface area (Å²) < 4.78 is 0. The van der Waals surface area contributed by atoms with Gasteiger partial charge in [0.1, 0.15) is 5.69 Å². The standard InChI is InChI=1S/C16H21N3O3/c1-19(2)8-7-15(20)14-9-11-5-3-4-6-13(18-16(21)22)12(11)10-17-14/h7-10,13,18H,3-6H2,1-2H3,(H,21,22). The highest BCUT2D eigenvalue weighted by molar-refractivity contribution is 6.03. The van der Waals surface area contributed by atoms with Gasteiger partial charge in [0, 0.05) is 32.6 Å². The van der Waals surface area contributed by atoms with Crippen molar-refractivity contribution in [3.8, 4) is 0 Å². The molecule has 0 aromatic carbocycles. The maximum Gasteiger partial charge on any atom is 0.405 e. The van der Waals surface area contributed by atoms with Crippen LogP contribution in [0.15, 0.2) is 24.5 Å². The third-order valence-corrected chi connectivity index (χ3v) is 3.66. The first-order valence-corrected chi connectivity index (χ1v) is 7.34. The topological polar surface area (TPSA) is 82.5 Å². The molecule has 0 spiro atoms. The van der Waals surface area contributed by atoms with Crippen LogP contribution in [0.3, 0.4) is 0 Å². The van der Waals surface area contributed by atoms with Gasteiger partial charge in [-0.1, -0.05) is 6.42 Å². The summed E-state index contributed by atoms with van der Waals surface area (Å²) in [6.45, 7) is 0. The SMILES string of the molecule is CN(C)C=CC(=O)c1cc2c(cn1)C(NC(=O)O)CCCC2. The highest BCUT2D eigenvalue weighted by atomic mass is 16.4. The molecular weight excluding hydrogens is 282 g/mol. The number of nitrogens with zero attached hydrogens (tertiary/aromatic N) is 2. The van der Waals surface area contributed by atoms with Crippen molar-refractivity contribution in [2.24, 2.45) is 0 Å². The Labute approximate surface area is 129 Å². The first kappa shape index (κ1) is 16.0. The van der Waals surface area contributed by atoms with E-state index < -0.39 is 6.09 Å². The fraction of sp³-hybridized carbons (Fsp3) is 0.438. The first-order valence-electron chi connectivity index (χ1n) is 7.34. The van der Waals surface area contributed by atoms with Crippen LogP contribution in [0.2, 0.25) is 0 Å². The van der Waals surface area contributed by atoms with E-state index in [0.29, 0.717) is 5.69 Å². The number of hydrogen-bond donors (Lipinski definition) is 2. The molecule has 6 heteroatoms. The largest absolute Gasteiger partial charge is 0.465 e. The minimum atomic E-state index is -1.04. The van der Waals surface area contributed by atoms with Crippen LogP contribution in [-0.2, 0) is 6.42 Å². The zero-order valence-electron chi connectivity index (χ0n) is 12.9. The molecule has 0 fully saturated rings. The second-order valence-electron chi connectivity index (χ2n) is 5.66. The van der Waals surface area contributed by atoms with Crippen LogP contribution in [0.25, 0.3) is 0 Å². The Morgan fingerprint density at radius 3 is 2.86 bits per heavy atom.